The molecule has 0 saturated carbocycles. The van der Waals surface area contributed by atoms with Gasteiger partial charge in [0, 0.05) is 43.0 Å². The first-order valence-electron chi connectivity index (χ1n) is 6.75. The number of aromatic nitrogens is 4. The predicted molar refractivity (Wildman–Crippen MR) is 76.1 cm³/mol. The van der Waals surface area contributed by atoms with Crippen molar-refractivity contribution in [2.75, 3.05) is 7.05 Å². The van der Waals surface area contributed by atoms with Gasteiger partial charge in [-0.1, -0.05) is 0 Å². The minimum atomic E-state index is 0.273. The summed E-state index contributed by atoms with van der Waals surface area (Å²) in [7, 11) is 3.97. The first kappa shape index (κ1) is 13.8. The van der Waals surface area contributed by atoms with Crippen molar-refractivity contribution >= 4 is 0 Å². The summed E-state index contributed by atoms with van der Waals surface area (Å²) < 4.78 is 3.99. The van der Waals surface area contributed by atoms with E-state index in [0.717, 1.165) is 18.7 Å². The maximum Gasteiger partial charge on any atom is 0.0596 e. The van der Waals surface area contributed by atoms with Crippen molar-refractivity contribution in [1.29, 1.82) is 0 Å². The van der Waals surface area contributed by atoms with Gasteiger partial charge in [0.1, 0.15) is 0 Å². The van der Waals surface area contributed by atoms with Crippen LogP contribution in [0.5, 0.6) is 0 Å². The molecule has 1 atom stereocenters. The molecule has 0 fully saturated rings. The van der Waals surface area contributed by atoms with Crippen LogP contribution < -0.4 is 5.32 Å². The number of nitrogens with one attached hydrogen (secondary N) is 1. The van der Waals surface area contributed by atoms with Crippen molar-refractivity contribution in [2.45, 2.75) is 39.8 Å². The van der Waals surface area contributed by atoms with E-state index in [1.807, 2.05) is 31.9 Å². The second-order valence-electron chi connectivity index (χ2n) is 4.95. The standard InChI is InChI=1S/C14H23N5/c1-6-19-12(7-10(2)17-19)8-14(15-4)13-9-16-18(5)11(13)3/h7,9,14-15H,6,8H2,1-5H3. The third kappa shape index (κ3) is 2.71. The van der Waals surface area contributed by atoms with Gasteiger partial charge in [-0.15, -0.1) is 0 Å². The molecular formula is C14H23N5. The zero-order valence-electron chi connectivity index (χ0n) is 12.4. The van der Waals surface area contributed by atoms with Crippen LogP contribution in [0.4, 0.5) is 0 Å². The Morgan fingerprint density at radius 1 is 1.37 bits per heavy atom. The van der Waals surface area contributed by atoms with Crippen LogP contribution >= 0.6 is 0 Å². The van der Waals surface area contributed by atoms with E-state index in [2.05, 4.69) is 40.1 Å². The highest BCUT2D eigenvalue weighted by Gasteiger charge is 2.17. The van der Waals surface area contributed by atoms with Gasteiger partial charge in [-0.3, -0.25) is 9.36 Å². The van der Waals surface area contributed by atoms with Crippen LogP contribution in [-0.2, 0) is 20.0 Å². The Hall–Kier alpha value is -1.62. The molecular weight excluding hydrogens is 238 g/mol. The van der Waals surface area contributed by atoms with Gasteiger partial charge in [-0.05, 0) is 33.9 Å². The van der Waals surface area contributed by atoms with E-state index in [4.69, 9.17) is 0 Å². The topological polar surface area (TPSA) is 47.7 Å². The quantitative estimate of drug-likeness (QED) is 0.892. The van der Waals surface area contributed by atoms with Gasteiger partial charge < -0.3 is 5.32 Å². The highest BCUT2D eigenvalue weighted by atomic mass is 15.3. The Morgan fingerprint density at radius 2 is 2.11 bits per heavy atom. The normalized spacial score (nSPS) is 12.9. The van der Waals surface area contributed by atoms with Crippen molar-refractivity contribution in [3.63, 3.8) is 0 Å². The summed E-state index contributed by atoms with van der Waals surface area (Å²) in [6.45, 7) is 7.18. The van der Waals surface area contributed by atoms with E-state index in [9.17, 15) is 0 Å². The first-order valence-corrected chi connectivity index (χ1v) is 6.75. The molecule has 104 valence electrons. The summed E-state index contributed by atoms with van der Waals surface area (Å²) in [5, 5.41) is 12.2. The molecule has 5 heteroatoms. The molecule has 1 unspecified atom stereocenters. The Labute approximate surface area is 114 Å². The van der Waals surface area contributed by atoms with Gasteiger partial charge in [0.15, 0.2) is 0 Å². The average Bonchev–Trinajstić information content (AvgIpc) is 2.91. The molecule has 0 saturated heterocycles. The van der Waals surface area contributed by atoms with Crippen LogP contribution in [0.1, 0.15) is 35.6 Å². The zero-order valence-corrected chi connectivity index (χ0v) is 12.4. The van der Waals surface area contributed by atoms with Crippen LogP contribution in [0.25, 0.3) is 0 Å². The number of hydrogen-bond acceptors (Lipinski definition) is 3. The Bertz CT molecular complexity index is 552. The highest BCUT2D eigenvalue weighted by Crippen LogP contribution is 2.21. The van der Waals surface area contributed by atoms with E-state index in [0.29, 0.717) is 0 Å². The SMILES string of the molecule is CCn1nc(C)cc1CC(NC)c1cnn(C)c1C. The number of nitrogens with zero attached hydrogens (tertiary/aromatic N) is 4. The fourth-order valence-electron chi connectivity index (χ4n) is 2.47. The minimum absolute atomic E-state index is 0.273. The largest absolute Gasteiger partial charge is 0.313 e. The summed E-state index contributed by atoms with van der Waals surface area (Å²) in [6.07, 6.45) is 2.88. The number of hydrogen-bond donors (Lipinski definition) is 1. The minimum Gasteiger partial charge on any atom is -0.313 e. The molecule has 0 radical (unpaired) electrons. The van der Waals surface area contributed by atoms with Crippen molar-refractivity contribution in [3.05, 3.63) is 34.9 Å². The fraction of sp³-hybridized carbons (Fsp3) is 0.571. The molecule has 2 aromatic rings. The lowest BCUT2D eigenvalue weighted by Crippen LogP contribution is -2.21. The lowest BCUT2D eigenvalue weighted by Gasteiger charge is -2.16. The summed E-state index contributed by atoms with van der Waals surface area (Å²) in [5.41, 5.74) is 4.81. The van der Waals surface area contributed by atoms with Gasteiger partial charge in [0.25, 0.3) is 0 Å². The van der Waals surface area contributed by atoms with Gasteiger partial charge in [-0.2, -0.15) is 10.2 Å². The van der Waals surface area contributed by atoms with Crippen LogP contribution in [0.2, 0.25) is 0 Å². The first-order chi connectivity index (χ1) is 9.06. The fourth-order valence-corrected chi connectivity index (χ4v) is 2.47. The third-order valence-corrected chi connectivity index (χ3v) is 3.70. The molecule has 5 nitrogen and oxygen atoms in total. The molecule has 0 aliphatic heterocycles. The monoisotopic (exact) mass is 261 g/mol. The molecule has 0 bridgehead atoms. The van der Waals surface area contributed by atoms with E-state index in [-0.39, 0.29) is 6.04 Å². The second kappa shape index (κ2) is 5.57. The Balaban J connectivity index is 2.26. The predicted octanol–water partition coefficient (Wildman–Crippen LogP) is 1.76. The van der Waals surface area contributed by atoms with Crippen LogP contribution in [-0.4, -0.2) is 26.6 Å². The molecule has 0 aliphatic carbocycles. The van der Waals surface area contributed by atoms with Crippen molar-refractivity contribution in [3.8, 4) is 0 Å². The summed E-state index contributed by atoms with van der Waals surface area (Å²) >= 11 is 0. The number of rotatable bonds is 5. The zero-order chi connectivity index (χ0) is 14.0. The van der Waals surface area contributed by atoms with Gasteiger partial charge in [-0.25, -0.2) is 0 Å². The molecule has 0 spiro atoms. The molecule has 2 heterocycles. The smallest absolute Gasteiger partial charge is 0.0596 e. The summed E-state index contributed by atoms with van der Waals surface area (Å²) in [4.78, 5) is 0. The van der Waals surface area contributed by atoms with E-state index in [1.165, 1.54) is 17.0 Å². The summed E-state index contributed by atoms with van der Waals surface area (Å²) in [6, 6.07) is 2.44. The van der Waals surface area contributed by atoms with E-state index < -0.39 is 0 Å². The lowest BCUT2D eigenvalue weighted by atomic mass is 10.0. The van der Waals surface area contributed by atoms with Gasteiger partial charge in [0.2, 0.25) is 0 Å². The van der Waals surface area contributed by atoms with Gasteiger partial charge in [0.05, 0.1) is 11.9 Å². The van der Waals surface area contributed by atoms with Crippen molar-refractivity contribution in [1.82, 2.24) is 24.9 Å². The Morgan fingerprint density at radius 3 is 2.63 bits per heavy atom. The van der Waals surface area contributed by atoms with Crippen molar-refractivity contribution < 1.29 is 0 Å². The molecule has 2 aromatic heterocycles. The third-order valence-electron chi connectivity index (χ3n) is 3.70. The number of likely N-dealkylation sites (N-methyl/N-ethyl adjacent to an activating group) is 1. The second-order valence-corrected chi connectivity index (χ2v) is 4.95. The molecule has 0 amide bonds. The average molecular weight is 261 g/mol. The molecule has 0 aromatic carbocycles. The maximum atomic E-state index is 4.51. The van der Waals surface area contributed by atoms with Crippen LogP contribution in [0.3, 0.4) is 0 Å². The van der Waals surface area contributed by atoms with Gasteiger partial charge >= 0.3 is 0 Å². The summed E-state index contributed by atoms with van der Waals surface area (Å²) in [5.74, 6) is 0. The molecule has 1 N–H and O–H groups in total. The van der Waals surface area contributed by atoms with Crippen molar-refractivity contribution in [2.24, 2.45) is 7.05 Å². The van der Waals surface area contributed by atoms with E-state index >= 15 is 0 Å². The Kier molecular flexibility index (Phi) is 4.04. The van der Waals surface area contributed by atoms with Crippen LogP contribution in [0, 0.1) is 13.8 Å². The van der Waals surface area contributed by atoms with Crippen LogP contribution in [0.15, 0.2) is 12.3 Å². The maximum absolute atomic E-state index is 4.51. The number of aryl methyl sites for hydroxylation is 3. The molecule has 0 aliphatic rings. The highest BCUT2D eigenvalue weighted by molar-refractivity contribution is 5.23. The molecule has 2 rings (SSSR count). The lowest BCUT2D eigenvalue weighted by molar-refractivity contribution is 0.538. The molecule has 19 heavy (non-hydrogen) atoms. The van der Waals surface area contributed by atoms with E-state index in [1.54, 1.807) is 0 Å².